The molecule has 0 aliphatic heterocycles. The average molecular weight is 223 g/mol. The minimum absolute atomic E-state index is 0.0710. The lowest BCUT2D eigenvalue weighted by Crippen LogP contribution is -2.21. The van der Waals surface area contributed by atoms with Crippen molar-refractivity contribution in [2.75, 3.05) is 0 Å². The van der Waals surface area contributed by atoms with Gasteiger partial charge in [-0.1, -0.05) is 0 Å². The van der Waals surface area contributed by atoms with Gasteiger partial charge >= 0.3 is 0 Å². The number of nitrogens with zero attached hydrogens (tertiary/aromatic N) is 1. The summed E-state index contributed by atoms with van der Waals surface area (Å²) in [5.74, 6) is 0.230. The lowest BCUT2D eigenvalue weighted by Gasteiger charge is -2.18. The first kappa shape index (κ1) is 10.5. The highest BCUT2D eigenvalue weighted by Crippen LogP contribution is 2.34. The average Bonchev–Trinajstić information content (AvgIpc) is 2.43. The van der Waals surface area contributed by atoms with Crippen molar-refractivity contribution in [2.45, 2.75) is 39.0 Å². The van der Waals surface area contributed by atoms with Crippen LogP contribution in [0, 0.1) is 13.8 Å². The first-order chi connectivity index (χ1) is 7.06. The summed E-state index contributed by atoms with van der Waals surface area (Å²) < 4.78 is 0. The summed E-state index contributed by atoms with van der Waals surface area (Å²) in [4.78, 5) is 28.1. The lowest BCUT2D eigenvalue weighted by molar-refractivity contribution is -0.130. The van der Waals surface area contributed by atoms with Crippen LogP contribution in [0.5, 0.6) is 0 Å². The van der Waals surface area contributed by atoms with Crippen LogP contribution in [0.3, 0.4) is 0 Å². The molecular formula is C11H13NO2S. The van der Waals surface area contributed by atoms with E-state index in [-0.39, 0.29) is 23.9 Å². The lowest BCUT2D eigenvalue weighted by atomic mass is 9.86. The van der Waals surface area contributed by atoms with Gasteiger partial charge in [-0.25, -0.2) is 4.98 Å². The molecule has 0 saturated heterocycles. The van der Waals surface area contributed by atoms with Crippen LogP contribution in [0.4, 0.5) is 0 Å². The van der Waals surface area contributed by atoms with Gasteiger partial charge in [-0.05, 0) is 13.8 Å². The molecule has 2 rings (SSSR count). The van der Waals surface area contributed by atoms with Crippen molar-refractivity contribution in [3.05, 3.63) is 15.6 Å². The van der Waals surface area contributed by atoms with Gasteiger partial charge in [0.05, 0.1) is 17.1 Å². The fourth-order valence-corrected chi connectivity index (χ4v) is 3.12. The minimum Gasteiger partial charge on any atom is -0.299 e. The van der Waals surface area contributed by atoms with Gasteiger partial charge in [-0.3, -0.25) is 9.59 Å². The van der Waals surface area contributed by atoms with Crippen LogP contribution in [0.15, 0.2) is 0 Å². The molecule has 0 aromatic carbocycles. The smallest absolute Gasteiger partial charge is 0.140 e. The SMILES string of the molecule is Cc1nc(C)c(C2CC(=O)CC(=O)C2)s1. The Labute approximate surface area is 92.5 Å². The Bertz CT molecular complexity index is 406. The third kappa shape index (κ3) is 2.15. The van der Waals surface area contributed by atoms with Crippen molar-refractivity contribution in [1.82, 2.24) is 4.98 Å². The zero-order valence-corrected chi connectivity index (χ0v) is 9.69. The van der Waals surface area contributed by atoms with Gasteiger partial charge in [0.25, 0.3) is 0 Å². The van der Waals surface area contributed by atoms with E-state index in [1.807, 2.05) is 13.8 Å². The summed E-state index contributed by atoms with van der Waals surface area (Å²) >= 11 is 1.61. The van der Waals surface area contributed by atoms with E-state index < -0.39 is 0 Å². The first-order valence-corrected chi connectivity index (χ1v) is 5.85. The van der Waals surface area contributed by atoms with Crippen LogP contribution in [0.1, 0.15) is 40.8 Å². The van der Waals surface area contributed by atoms with Crippen LogP contribution in [0.2, 0.25) is 0 Å². The van der Waals surface area contributed by atoms with E-state index >= 15 is 0 Å². The number of aryl methyl sites for hydroxylation is 2. The summed E-state index contributed by atoms with van der Waals surface area (Å²) in [7, 11) is 0. The van der Waals surface area contributed by atoms with Gasteiger partial charge in [0.1, 0.15) is 11.6 Å². The summed E-state index contributed by atoms with van der Waals surface area (Å²) in [6.45, 7) is 3.90. The molecule has 1 aliphatic carbocycles. The van der Waals surface area contributed by atoms with Crippen LogP contribution in [-0.4, -0.2) is 16.6 Å². The molecule has 0 N–H and O–H groups in total. The zero-order valence-electron chi connectivity index (χ0n) is 8.87. The van der Waals surface area contributed by atoms with Gasteiger partial charge in [0.2, 0.25) is 0 Å². The Morgan fingerprint density at radius 2 is 1.80 bits per heavy atom. The van der Waals surface area contributed by atoms with Gasteiger partial charge < -0.3 is 0 Å². The highest BCUT2D eigenvalue weighted by atomic mass is 32.1. The second kappa shape index (κ2) is 3.85. The van der Waals surface area contributed by atoms with E-state index in [9.17, 15) is 9.59 Å². The maximum Gasteiger partial charge on any atom is 0.140 e. The summed E-state index contributed by atoms with van der Waals surface area (Å²) in [6, 6.07) is 0. The number of hydrogen-bond donors (Lipinski definition) is 0. The predicted molar refractivity (Wildman–Crippen MR) is 58.2 cm³/mol. The fourth-order valence-electron chi connectivity index (χ4n) is 2.10. The van der Waals surface area contributed by atoms with Crippen molar-refractivity contribution >= 4 is 22.9 Å². The number of thiazole rings is 1. The van der Waals surface area contributed by atoms with E-state index in [2.05, 4.69) is 4.98 Å². The van der Waals surface area contributed by atoms with Crippen molar-refractivity contribution in [2.24, 2.45) is 0 Å². The molecule has 0 spiro atoms. The third-order valence-electron chi connectivity index (χ3n) is 2.65. The van der Waals surface area contributed by atoms with Gasteiger partial charge in [-0.2, -0.15) is 0 Å². The number of hydrogen-bond acceptors (Lipinski definition) is 4. The Morgan fingerprint density at radius 3 is 2.27 bits per heavy atom. The monoisotopic (exact) mass is 223 g/mol. The minimum atomic E-state index is 0.0710. The quantitative estimate of drug-likeness (QED) is 0.685. The molecule has 0 bridgehead atoms. The van der Waals surface area contributed by atoms with Crippen molar-refractivity contribution in [1.29, 1.82) is 0 Å². The molecule has 0 atom stereocenters. The van der Waals surface area contributed by atoms with Crippen LogP contribution < -0.4 is 0 Å². The van der Waals surface area contributed by atoms with E-state index in [1.54, 1.807) is 11.3 Å². The number of Topliss-reactive ketones (excluding diaryl/α,β-unsaturated/α-hetero) is 2. The molecule has 0 amide bonds. The predicted octanol–water partition coefficient (Wildman–Crippen LogP) is 2.17. The molecule has 1 aliphatic rings. The Kier molecular flexibility index (Phi) is 2.69. The van der Waals surface area contributed by atoms with Crippen LogP contribution in [-0.2, 0) is 9.59 Å². The number of ketones is 2. The molecule has 0 radical (unpaired) electrons. The van der Waals surface area contributed by atoms with Crippen molar-refractivity contribution in [3.63, 3.8) is 0 Å². The molecular weight excluding hydrogens is 210 g/mol. The largest absolute Gasteiger partial charge is 0.299 e. The maximum absolute atomic E-state index is 11.3. The molecule has 1 fully saturated rings. The Morgan fingerprint density at radius 1 is 1.20 bits per heavy atom. The second-order valence-corrected chi connectivity index (χ2v) is 5.28. The van der Waals surface area contributed by atoms with E-state index in [4.69, 9.17) is 0 Å². The van der Waals surface area contributed by atoms with E-state index in [0.29, 0.717) is 12.8 Å². The Balaban J connectivity index is 2.27. The molecule has 3 nitrogen and oxygen atoms in total. The fraction of sp³-hybridized carbons (Fsp3) is 0.545. The highest BCUT2D eigenvalue weighted by molar-refractivity contribution is 7.11. The summed E-state index contributed by atoms with van der Waals surface area (Å²) in [5.41, 5.74) is 0.977. The molecule has 1 aromatic heterocycles. The maximum atomic E-state index is 11.3. The standard InChI is InChI=1S/C11H13NO2S/c1-6-11(15-7(2)12-6)8-3-9(13)5-10(14)4-8/h8H,3-5H2,1-2H3. The molecule has 80 valence electrons. The van der Waals surface area contributed by atoms with Gasteiger partial charge in [0, 0.05) is 23.6 Å². The van der Waals surface area contributed by atoms with Gasteiger partial charge in [-0.15, -0.1) is 11.3 Å². The summed E-state index contributed by atoms with van der Waals surface area (Å²) in [6.07, 6.45) is 1.15. The van der Waals surface area contributed by atoms with E-state index in [1.165, 1.54) is 0 Å². The van der Waals surface area contributed by atoms with Crippen molar-refractivity contribution < 1.29 is 9.59 Å². The van der Waals surface area contributed by atoms with Crippen LogP contribution >= 0.6 is 11.3 Å². The topological polar surface area (TPSA) is 47.0 Å². The first-order valence-electron chi connectivity index (χ1n) is 5.03. The molecule has 1 aromatic rings. The third-order valence-corrected chi connectivity index (χ3v) is 3.89. The summed E-state index contributed by atoms with van der Waals surface area (Å²) in [5, 5.41) is 1.01. The highest BCUT2D eigenvalue weighted by Gasteiger charge is 2.28. The van der Waals surface area contributed by atoms with E-state index in [0.717, 1.165) is 15.6 Å². The molecule has 4 heteroatoms. The number of rotatable bonds is 1. The molecule has 0 unspecified atom stereocenters. The second-order valence-electron chi connectivity index (χ2n) is 4.04. The van der Waals surface area contributed by atoms with Gasteiger partial charge in [0.15, 0.2) is 0 Å². The van der Waals surface area contributed by atoms with Crippen molar-refractivity contribution in [3.8, 4) is 0 Å². The number of aromatic nitrogens is 1. The molecule has 15 heavy (non-hydrogen) atoms. The molecule has 1 saturated carbocycles. The normalized spacial score (nSPS) is 18.5. The number of carbonyl (C=O) groups excluding carboxylic acids is 2. The Hall–Kier alpha value is -1.03. The number of carbonyl (C=O) groups is 2. The van der Waals surface area contributed by atoms with Crippen LogP contribution in [0.25, 0.3) is 0 Å². The zero-order chi connectivity index (χ0) is 11.0. The molecule has 1 heterocycles.